The fourth-order valence-corrected chi connectivity index (χ4v) is 4.53. The summed E-state index contributed by atoms with van der Waals surface area (Å²) in [7, 11) is 0. The van der Waals surface area contributed by atoms with Gasteiger partial charge < -0.3 is 5.32 Å². The Morgan fingerprint density at radius 2 is 2.00 bits per heavy atom. The molecule has 1 aromatic heterocycles. The van der Waals surface area contributed by atoms with E-state index in [0.717, 1.165) is 25.7 Å². The summed E-state index contributed by atoms with van der Waals surface area (Å²) >= 11 is 1.17. The largest absolute Gasteiger partial charge is 0.335 e. The third-order valence-corrected chi connectivity index (χ3v) is 6.26. The molecule has 2 aromatic rings. The summed E-state index contributed by atoms with van der Waals surface area (Å²) in [5.41, 5.74) is 0.501. The predicted octanol–water partition coefficient (Wildman–Crippen LogP) is 3.30. The van der Waals surface area contributed by atoms with E-state index < -0.39 is 11.9 Å². The van der Waals surface area contributed by atoms with Crippen LogP contribution in [0.15, 0.2) is 34.2 Å². The molecule has 1 aromatic carbocycles. The Morgan fingerprint density at radius 3 is 2.76 bits per heavy atom. The number of carbonyl (C=O) groups excluding carboxylic acids is 2. The van der Waals surface area contributed by atoms with Crippen molar-refractivity contribution < 1.29 is 9.59 Å². The van der Waals surface area contributed by atoms with Gasteiger partial charge >= 0.3 is 6.03 Å². The number of hydrogen-bond acceptors (Lipinski definition) is 5. The van der Waals surface area contributed by atoms with Gasteiger partial charge in [0.1, 0.15) is 0 Å². The Bertz CT molecular complexity index is 943. The van der Waals surface area contributed by atoms with Gasteiger partial charge in [0.15, 0.2) is 5.16 Å². The lowest BCUT2D eigenvalue weighted by Gasteiger charge is -2.29. The minimum Gasteiger partial charge on any atom is -0.335 e. The molecule has 0 radical (unpaired) electrons. The lowest BCUT2D eigenvalue weighted by Crippen LogP contribution is -2.48. The highest BCUT2D eigenvalue weighted by Gasteiger charge is 2.23. The predicted molar refractivity (Wildman–Crippen MR) is 115 cm³/mol. The number of amides is 3. The maximum absolute atomic E-state index is 12.8. The van der Waals surface area contributed by atoms with Gasteiger partial charge in [0.25, 0.3) is 5.56 Å². The first-order valence-corrected chi connectivity index (χ1v) is 11.2. The molecule has 7 nitrogen and oxygen atoms in total. The maximum Gasteiger partial charge on any atom is 0.321 e. The zero-order chi connectivity index (χ0) is 20.8. The topological polar surface area (TPSA) is 93.1 Å². The van der Waals surface area contributed by atoms with Crippen LogP contribution in [0.1, 0.15) is 46.0 Å². The zero-order valence-electron chi connectivity index (χ0n) is 16.9. The Balaban J connectivity index is 1.63. The smallest absolute Gasteiger partial charge is 0.321 e. The van der Waals surface area contributed by atoms with E-state index in [1.165, 1.54) is 18.2 Å². The van der Waals surface area contributed by atoms with Crippen molar-refractivity contribution in [3.8, 4) is 0 Å². The van der Waals surface area contributed by atoms with E-state index >= 15 is 0 Å². The van der Waals surface area contributed by atoms with Gasteiger partial charge in [-0.15, -0.1) is 0 Å². The number of nitrogens with one attached hydrogen (secondary N) is 2. The van der Waals surface area contributed by atoms with E-state index in [-0.39, 0.29) is 17.4 Å². The zero-order valence-corrected chi connectivity index (χ0v) is 17.8. The fraction of sp³-hybridized carbons (Fsp3) is 0.524. The van der Waals surface area contributed by atoms with Gasteiger partial charge in [-0.05, 0) is 37.3 Å². The van der Waals surface area contributed by atoms with Crippen LogP contribution in [0.3, 0.4) is 0 Å². The molecule has 1 aliphatic rings. The van der Waals surface area contributed by atoms with E-state index in [4.69, 9.17) is 0 Å². The van der Waals surface area contributed by atoms with E-state index in [1.54, 1.807) is 16.7 Å². The molecule has 1 fully saturated rings. The van der Waals surface area contributed by atoms with E-state index in [2.05, 4.69) is 22.5 Å². The van der Waals surface area contributed by atoms with Gasteiger partial charge in [-0.3, -0.25) is 19.5 Å². The summed E-state index contributed by atoms with van der Waals surface area (Å²) in [6.07, 6.45) is 5.11. The van der Waals surface area contributed by atoms with Crippen molar-refractivity contribution in [2.75, 3.05) is 5.75 Å². The highest BCUT2D eigenvalue weighted by Crippen LogP contribution is 2.23. The number of thioether (sulfide) groups is 1. The molecular formula is C21H28N4O3S. The van der Waals surface area contributed by atoms with Gasteiger partial charge in [0.05, 0.1) is 16.7 Å². The minimum absolute atomic E-state index is 0.0160. The molecule has 1 aliphatic carbocycles. The quantitative estimate of drug-likeness (QED) is 0.557. The average molecular weight is 417 g/mol. The Morgan fingerprint density at radius 1 is 1.24 bits per heavy atom. The summed E-state index contributed by atoms with van der Waals surface area (Å²) in [5.74, 6) is 0.0351. The number of aromatic nitrogens is 2. The number of para-hydroxylation sites is 1. The standard InChI is InChI=1S/C21H28N4O3S/c1-3-12-25-19(27)15-9-5-7-11-17(15)23-21(25)29-13-18(26)24-20(28)22-16-10-6-4-8-14(16)2/h5,7,9,11,14,16H,3-4,6,8,10,12-13H2,1-2H3,(H2,22,24,26,28)/t14-,16+/m1/s1. The van der Waals surface area contributed by atoms with Crippen LogP contribution in [0.5, 0.6) is 0 Å². The highest BCUT2D eigenvalue weighted by atomic mass is 32.2. The van der Waals surface area contributed by atoms with E-state index in [1.807, 2.05) is 19.1 Å². The number of carbonyl (C=O) groups is 2. The van der Waals surface area contributed by atoms with Crippen molar-refractivity contribution in [2.24, 2.45) is 5.92 Å². The molecule has 3 amide bonds. The SMILES string of the molecule is CCCn1c(SCC(=O)NC(=O)N[C@H]2CCCC[C@H]2C)nc2ccccc2c1=O. The summed E-state index contributed by atoms with van der Waals surface area (Å²) in [5, 5.41) is 6.37. The number of fused-ring (bicyclic) bond motifs is 1. The van der Waals surface area contributed by atoms with Crippen LogP contribution >= 0.6 is 11.8 Å². The third kappa shape index (κ3) is 5.38. The summed E-state index contributed by atoms with van der Waals surface area (Å²) in [6.45, 7) is 4.64. The molecule has 156 valence electrons. The van der Waals surface area contributed by atoms with Gasteiger partial charge in [0, 0.05) is 12.6 Å². The maximum atomic E-state index is 12.8. The molecule has 1 heterocycles. The third-order valence-electron chi connectivity index (χ3n) is 5.29. The molecule has 0 aliphatic heterocycles. The lowest BCUT2D eigenvalue weighted by molar-refractivity contribution is -0.117. The highest BCUT2D eigenvalue weighted by molar-refractivity contribution is 7.99. The monoisotopic (exact) mass is 416 g/mol. The van der Waals surface area contributed by atoms with Crippen molar-refractivity contribution >= 4 is 34.6 Å². The van der Waals surface area contributed by atoms with E-state index in [0.29, 0.717) is 28.5 Å². The first kappa shape index (κ1) is 21.4. The average Bonchev–Trinajstić information content (AvgIpc) is 2.70. The number of benzene rings is 1. The number of rotatable bonds is 6. The van der Waals surface area contributed by atoms with Crippen LogP contribution < -0.4 is 16.2 Å². The molecule has 0 saturated heterocycles. The van der Waals surface area contributed by atoms with Crippen molar-refractivity contribution in [1.29, 1.82) is 0 Å². The molecule has 3 rings (SSSR count). The molecule has 0 spiro atoms. The Hall–Kier alpha value is -2.35. The van der Waals surface area contributed by atoms with Crippen LogP contribution in [-0.2, 0) is 11.3 Å². The summed E-state index contributed by atoms with van der Waals surface area (Å²) in [6, 6.07) is 6.85. The van der Waals surface area contributed by atoms with Crippen molar-refractivity contribution in [3.05, 3.63) is 34.6 Å². The van der Waals surface area contributed by atoms with Crippen LogP contribution in [0.4, 0.5) is 4.79 Å². The Labute approximate surface area is 174 Å². The second-order valence-electron chi connectivity index (χ2n) is 7.55. The second-order valence-corrected chi connectivity index (χ2v) is 8.49. The molecular weight excluding hydrogens is 388 g/mol. The number of nitrogens with zero attached hydrogens (tertiary/aromatic N) is 2. The van der Waals surface area contributed by atoms with Crippen LogP contribution in [0.25, 0.3) is 10.9 Å². The molecule has 0 bridgehead atoms. The van der Waals surface area contributed by atoms with Crippen LogP contribution in [0, 0.1) is 5.92 Å². The number of hydrogen-bond donors (Lipinski definition) is 2. The summed E-state index contributed by atoms with van der Waals surface area (Å²) in [4.78, 5) is 41.7. The fourth-order valence-electron chi connectivity index (χ4n) is 3.71. The Kier molecular flexibility index (Phi) is 7.30. The first-order chi connectivity index (χ1) is 14.0. The molecule has 2 N–H and O–H groups in total. The van der Waals surface area contributed by atoms with Gasteiger partial charge in [-0.25, -0.2) is 9.78 Å². The second kappa shape index (κ2) is 9.91. The first-order valence-electron chi connectivity index (χ1n) is 10.2. The van der Waals surface area contributed by atoms with Gasteiger partial charge in [0.2, 0.25) is 5.91 Å². The number of urea groups is 1. The molecule has 0 unspecified atom stereocenters. The molecule has 2 atom stereocenters. The minimum atomic E-state index is -0.452. The lowest BCUT2D eigenvalue weighted by atomic mass is 9.86. The van der Waals surface area contributed by atoms with Crippen molar-refractivity contribution in [3.63, 3.8) is 0 Å². The van der Waals surface area contributed by atoms with Crippen molar-refractivity contribution in [1.82, 2.24) is 20.2 Å². The van der Waals surface area contributed by atoms with Crippen molar-refractivity contribution in [2.45, 2.75) is 63.7 Å². The molecule has 8 heteroatoms. The van der Waals surface area contributed by atoms with E-state index in [9.17, 15) is 14.4 Å². The van der Waals surface area contributed by atoms with Gasteiger partial charge in [-0.1, -0.05) is 50.6 Å². The van der Waals surface area contributed by atoms with Crippen LogP contribution in [0.2, 0.25) is 0 Å². The van der Waals surface area contributed by atoms with Gasteiger partial charge in [-0.2, -0.15) is 0 Å². The normalized spacial score (nSPS) is 19.1. The van der Waals surface area contributed by atoms with Crippen LogP contribution in [-0.4, -0.2) is 33.3 Å². The molecule has 29 heavy (non-hydrogen) atoms. The molecule has 1 saturated carbocycles. The summed E-state index contributed by atoms with van der Waals surface area (Å²) < 4.78 is 1.60. The number of imide groups is 1.